The van der Waals surface area contributed by atoms with Gasteiger partial charge in [-0.25, -0.2) is 0 Å². The summed E-state index contributed by atoms with van der Waals surface area (Å²) in [6.45, 7) is 8.17. The summed E-state index contributed by atoms with van der Waals surface area (Å²) >= 11 is 0. The van der Waals surface area contributed by atoms with Crippen LogP contribution in [0, 0.1) is 5.41 Å². The van der Waals surface area contributed by atoms with Crippen LogP contribution in [-0.2, 0) is 0 Å². The fourth-order valence-corrected chi connectivity index (χ4v) is 2.19. The van der Waals surface area contributed by atoms with Gasteiger partial charge < -0.3 is 5.32 Å². The number of hydrogen-bond donors (Lipinski definition) is 1. The highest BCUT2D eigenvalue weighted by molar-refractivity contribution is 4.92. The third-order valence-corrected chi connectivity index (χ3v) is 3.40. The Kier molecular flexibility index (Phi) is 2.35. The van der Waals surface area contributed by atoms with Crippen LogP contribution in [-0.4, -0.2) is 12.6 Å². The van der Waals surface area contributed by atoms with Gasteiger partial charge in [0, 0.05) is 6.04 Å². The second kappa shape index (κ2) is 2.91. The Morgan fingerprint density at radius 2 is 2.00 bits per heavy atom. The topological polar surface area (TPSA) is 12.0 Å². The second-order valence-electron chi connectivity index (χ2n) is 3.50. The maximum atomic E-state index is 3.51. The van der Waals surface area contributed by atoms with Gasteiger partial charge in [-0.1, -0.05) is 13.8 Å². The molecule has 1 heteroatoms. The van der Waals surface area contributed by atoms with Crippen LogP contribution in [0.1, 0.15) is 40.0 Å². The Morgan fingerprint density at radius 1 is 1.40 bits per heavy atom. The first-order chi connectivity index (χ1) is 4.75. The molecule has 0 aromatic rings. The van der Waals surface area contributed by atoms with Crippen LogP contribution in [0.15, 0.2) is 0 Å². The minimum Gasteiger partial charge on any atom is -0.314 e. The van der Waals surface area contributed by atoms with E-state index in [0.29, 0.717) is 5.41 Å². The lowest BCUT2D eigenvalue weighted by Crippen LogP contribution is -2.32. The molecular formula is C9H19N. The van der Waals surface area contributed by atoms with Crippen LogP contribution in [0.25, 0.3) is 0 Å². The highest BCUT2D eigenvalue weighted by Gasteiger charge is 2.36. The first-order valence-electron chi connectivity index (χ1n) is 4.48. The van der Waals surface area contributed by atoms with Crippen LogP contribution in [0.3, 0.4) is 0 Å². The molecule has 1 unspecified atom stereocenters. The molecule has 0 spiro atoms. The van der Waals surface area contributed by atoms with E-state index in [4.69, 9.17) is 0 Å². The van der Waals surface area contributed by atoms with Gasteiger partial charge in [-0.2, -0.15) is 0 Å². The van der Waals surface area contributed by atoms with E-state index in [1.54, 1.807) is 0 Å². The first-order valence-corrected chi connectivity index (χ1v) is 4.48. The predicted octanol–water partition coefficient (Wildman–Crippen LogP) is 2.17. The van der Waals surface area contributed by atoms with Crippen LogP contribution in [0.2, 0.25) is 0 Å². The van der Waals surface area contributed by atoms with Crippen molar-refractivity contribution >= 4 is 0 Å². The third-order valence-electron chi connectivity index (χ3n) is 3.40. The summed E-state index contributed by atoms with van der Waals surface area (Å²) in [6, 6.07) is 0.738. The highest BCUT2D eigenvalue weighted by atomic mass is 15.0. The van der Waals surface area contributed by atoms with Crippen molar-refractivity contribution in [3.63, 3.8) is 0 Å². The Morgan fingerprint density at radius 3 is 2.20 bits per heavy atom. The van der Waals surface area contributed by atoms with Crippen molar-refractivity contribution in [2.24, 2.45) is 5.41 Å². The molecule has 0 aromatic carbocycles. The summed E-state index contributed by atoms with van der Waals surface area (Å²) < 4.78 is 0. The van der Waals surface area contributed by atoms with Crippen LogP contribution >= 0.6 is 0 Å². The van der Waals surface area contributed by atoms with E-state index in [9.17, 15) is 0 Å². The molecule has 0 aliphatic carbocycles. The van der Waals surface area contributed by atoms with Crippen molar-refractivity contribution in [1.82, 2.24) is 5.32 Å². The maximum absolute atomic E-state index is 3.51. The number of rotatable bonds is 2. The van der Waals surface area contributed by atoms with Gasteiger partial charge in [0.15, 0.2) is 0 Å². The number of hydrogen-bond acceptors (Lipinski definition) is 1. The molecule has 0 aromatic heterocycles. The summed E-state index contributed by atoms with van der Waals surface area (Å²) in [7, 11) is 0. The molecule has 1 aliphatic rings. The van der Waals surface area contributed by atoms with Crippen LogP contribution < -0.4 is 5.32 Å². The molecule has 1 rings (SSSR count). The molecule has 1 aliphatic heterocycles. The molecule has 1 nitrogen and oxygen atoms in total. The smallest absolute Gasteiger partial charge is 0.00954 e. The predicted molar refractivity (Wildman–Crippen MR) is 45.1 cm³/mol. The summed E-state index contributed by atoms with van der Waals surface area (Å²) in [4.78, 5) is 0. The standard InChI is InChI=1S/C9H19N/c1-4-9(5-2)6-7-10-8(9)3/h8,10H,4-7H2,1-3H3. The summed E-state index contributed by atoms with van der Waals surface area (Å²) in [5, 5.41) is 3.51. The zero-order chi connectivity index (χ0) is 7.61. The minimum absolute atomic E-state index is 0.625. The van der Waals surface area contributed by atoms with Gasteiger partial charge in [0.2, 0.25) is 0 Å². The molecule has 1 heterocycles. The zero-order valence-corrected chi connectivity index (χ0v) is 7.41. The quantitative estimate of drug-likeness (QED) is 0.621. The number of nitrogens with one attached hydrogen (secondary N) is 1. The van der Waals surface area contributed by atoms with E-state index in [2.05, 4.69) is 26.1 Å². The fourth-order valence-electron chi connectivity index (χ4n) is 2.19. The molecule has 0 saturated carbocycles. The molecule has 0 radical (unpaired) electrons. The molecule has 60 valence electrons. The van der Waals surface area contributed by atoms with Crippen LogP contribution in [0.4, 0.5) is 0 Å². The van der Waals surface area contributed by atoms with Gasteiger partial charge in [-0.15, -0.1) is 0 Å². The molecule has 1 N–H and O–H groups in total. The van der Waals surface area contributed by atoms with E-state index < -0.39 is 0 Å². The molecule has 1 saturated heterocycles. The van der Waals surface area contributed by atoms with E-state index in [1.165, 1.54) is 25.8 Å². The first kappa shape index (κ1) is 8.06. The van der Waals surface area contributed by atoms with Crippen molar-refractivity contribution in [1.29, 1.82) is 0 Å². The molecular weight excluding hydrogens is 122 g/mol. The van der Waals surface area contributed by atoms with Crippen molar-refractivity contribution < 1.29 is 0 Å². The van der Waals surface area contributed by atoms with E-state index in [0.717, 1.165) is 6.04 Å². The third kappa shape index (κ3) is 1.07. The Hall–Kier alpha value is -0.0400. The summed E-state index contributed by atoms with van der Waals surface area (Å²) in [5.41, 5.74) is 0.625. The van der Waals surface area contributed by atoms with E-state index >= 15 is 0 Å². The van der Waals surface area contributed by atoms with Crippen molar-refractivity contribution in [3.05, 3.63) is 0 Å². The van der Waals surface area contributed by atoms with E-state index in [1.807, 2.05) is 0 Å². The second-order valence-corrected chi connectivity index (χ2v) is 3.50. The molecule has 0 bridgehead atoms. The molecule has 1 atom stereocenters. The Labute approximate surface area is 64.2 Å². The largest absolute Gasteiger partial charge is 0.314 e. The van der Waals surface area contributed by atoms with Crippen molar-refractivity contribution in [3.8, 4) is 0 Å². The molecule has 1 fully saturated rings. The van der Waals surface area contributed by atoms with Gasteiger partial charge in [-0.3, -0.25) is 0 Å². The zero-order valence-electron chi connectivity index (χ0n) is 7.41. The van der Waals surface area contributed by atoms with Gasteiger partial charge in [0.05, 0.1) is 0 Å². The minimum atomic E-state index is 0.625. The molecule has 10 heavy (non-hydrogen) atoms. The lowest BCUT2D eigenvalue weighted by molar-refractivity contribution is 0.238. The lowest BCUT2D eigenvalue weighted by Gasteiger charge is -2.30. The monoisotopic (exact) mass is 141 g/mol. The maximum Gasteiger partial charge on any atom is 0.00954 e. The lowest BCUT2D eigenvalue weighted by atomic mass is 9.76. The van der Waals surface area contributed by atoms with Gasteiger partial charge >= 0.3 is 0 Å². The molecule has 0 amide bonds. The summed E-state index contributed by atoms with van der Waals surface area (Å²) in [5.74, 6) is 0. The van der Waals surface area contributed by atoms with Gasteiger partial charge in [-0.05, 0) is 38.1 Å². The SMILES string of the molecule is CCC1(CC)CCNC1C. The van der Waals surface area contributed by atoms with Gasteiger partial charge in [0.1, 0.15) is 0 Å². The Balaban J connectivity index is 2.61. The average molecular weight is 141 g/mol. The Bertz CT molecular complexity index is 105. The van der Waals surface area contributed by atoms with Crippen LogP contribution in [0.5, 0.6) is 0 Å². The fraction of sp³-hybridized carbons (Fsp3) is 1.00. The van der Waals surface area contributed by atoms with E-state index in [-0.39, 0.29) is 0 Å². The van der Waals surface area contributed by atoms with Crippen molar-refractivity contribution in [2.75, 3.05) is 6.54 Å². The normalized spacial score (nSPS) is 30.9. The van der Waals surface area contributed by atoms with Gasteiger partial charge in [0.25, 0.3) is 0 Å². The summed E-state index contributed by atoms with van der Waals surface area (Å²) in [6.07, 6.45) is 4.04. The average Bonchev–Trinajstić information content (AvgIpc) is 2.32. The van der Waals surface area contributed by atoms with Crippen molar-refractivity contribution in [2.45, 2.75) is 46.1 Å². The highest BCUT2D eigenvalue weighted by Crippen LogP contribution is 2.37.